The van der Waals surface area contributed by atoms with Gasteiger partial charge in [0, 0.05) is 28.0 Å². The van der Waals surface area contributed by atoms with Crippen LogP contribution < -0.4 is 16.8 Å². The lowest BCUT2D eigenvalue weighted by molar-refractivity contribution is 0.596. The second-order valence-electron chi connectivity index (χ2n) is 5.95. The van der Waals surface area contributed by atoms with Crippen molar-refractivity contribution in [2.24, 2.45) is 0 Å². The van der Waals surface area contributed by atoms with Crippen LogP contribution in [-0.4, -0.2) is 15.5 Å². The van der Waals surface area contributed by atoms with Gasteiger partial charge in [-0.1, -0.05) is 23.2 Å². The molecule has 3 aromatic carbocycles. The van der Waals surface area contributed by atoms with E-state index in [4.69, 9.17) is 34.7 Å². The average molecular weight is 438 g/mol. The van der Waals surface area contributed by atoms with Gasteiger partial charge in [-0.25, -0.2) is 8.42 Å². The number of halogens is 2. The van der Waals surface area contributed by atoms with Crippen molar-refractivity contribution in [2.45, 2.75) is 16.3 Å². The number of benzene rings is 3. The molecule has 3 aromatic rings. The van der Waals surface area contributed by atoms with E-state index in [1.54, 1.807) is 30.3 Å². The minimum Gasteiger partial charge on any atom is -0.399 e. The standard InChI is InChI=1S/C12H12N2O2S.C8H9Cl2N/c13-9-1-5-11(6-2-9)17(15,16)12-7-3-10(14)4-8-12;1-11-5-6-2-7(9)4-8(10)3-6/h1-8H,13-14H2;2-4,11H,5H2,1H3. The van der Waals surface area contributed by atoms with E-state index in [2.05, 4.69) is 5.32 Å². The largest absolute Gasteiger partial charge is 0.399 e. The summed E-state index contributed by atoms with van der Waals surface area (Å²) in [5.74, 6) is 0. The summed E-state index contributed by atoms with van der Waals surface area (Å²) in [7, 11) is -1.60. The molecule has 8 heteroatoms. The van der Waals surface area contributed by atoms with Gasteiger partial charge in [-0.05, 0) is 79.3 Å². The van der Waals surface area contributed by atoms with Gasteiger partial charge in [-0.3, -0.25) is 0 Å². The molecule has 5 N–H and O–H groups in total. The maximum Gasteiger partial charge on any atom is 0.206 e. The molecule has 0 amide bonds. The Balaban J connectivity index is 0.000000221. The molecule has 5 nitrogen and oxygen atoms in total. The fourth-order valence-corrected chi connectivity index (χ4v) is 4.18. The Labute approximate surface area is 175 Å². The van der Waals surface area contributed by atoms with Gasteiger partial charge in [0.2, 0.25) is 9.84 Å². The Morgan fingerprint density at radius 2 is 1.18 bits per heavy atom. The molecule has 0 saturated heterocycles. The van der Waals surface area contributed by atoms with Gasteiger partial charge in [0.15, 0.2) is 0 Å². The third kappa shape index (κ3) is 6.14. The summed E-state index contributed by atoms with van der Waals surface area (Å²) in [5.41, 5.74) is 13.2. The zero-order chi connectivity index (χ0) is 20.7. The molecule has 148 valence electrons. The van der Waals surface area contributed by atoms with Crippen LogP contribution in [0.3, 0.4) is 0 Å². The van der Waals surface area contributed by atoms with Gasteiger partial charge in [0.05, 0.1) is 9.79 Å². The molecule has 0 heterocycles. The Kier molecular flexibility index (Phi) is 7.71. The molecule has 0 unspecified atom stereocenters. The summed E-state index contributed by atoms with van der Waals surface area (Å²) in [6, 6.07) is 17.7. The molecule has 0 saturated carbocycles. The van der Waals surface area contributed by atoms with Crippen molar-refractivity contribution in [3.63, 3.8) is 0 Å². The second-order valence-corrected chi connectivity index (χ2v) is 8.77. The highest BCUT2D eigenvalue weighted by Gasteiger charge is 2.16. The van der Waals surface area contributed by atoms with E-state index < -0.39 is 9.84 Å². The lowest BCUT2D eigenvalue weighted by Crippen LogP contribution is -2.04. The van der Waals surface area contributed by atoms with Crippen LogP contribution in [0.4, 0.5) is 11.4 Å². The minimum absolute atomic E-state index is 0.219. The van der Waals surface area contributed by atoms with Crippen LogP contribution in [0, 0.1) is 0 Å². The number of sulfone groups is 1. The number of hydrogen-bond acceptors (Lipinski definition) is 5. The van der Waals surface area contributed by atoms with Crippen molar-refractivity contribution in [1.29, 1.82) is 0 Å². The minimum atomic E-state index is -3.48. The first-order valence-corrected chi connectivity index (χ1v) is 10.5. The number of nitrogen functional groups attached to an aromatic ring is 2. The summed E-state index contributed by atoms with van der Waals surface area (Å²) < 4.78 is 24.3. The van der Waals surface area contributed by atoms with Crippen molar-refractivity contribution < 1.29 is 8.42 Å². The summed E-state index contributed by atoms with van der Waals surface area (Å²) in [4.78, 5) is 0.438. The zero-order valence-electron chi connectivity index (χ0n) is 15.2. The van der Waals surface area contributed by atoms with Crippen molar-refractivity contribution in [3.8, 4) is 0 Å². The van der Waals surface area contributed by atoms with Crippen molar-refractivity contribution in [1.82, 2.24) is 5.32 Å². The van der Waals surface area contributed by atoms with Crippen LogP contribution in [0.2, 0.25) is 10.0 Å². The topological polar surface area (TPSA) is 98.2 Å². The molecule has 0 spiro atoms. The molecular weight excluding hydrogens is 417 g/mol. The van der Waals surface area contributed by atoms with E-state index in [-0.39, 0.29) is 9.79 Å². The highest BCUT2D eigenvalue weighted by Crippen LogP contribution is 2.22. The zero-order valence-corrected chi connectivity index (χ0v) is 17.5. The molecular formula is C20H21Cl2N3O2S. The number of rotatable bonds is 4. The fourth-order valence-electron chi connectivity index (χ4n) is 2.35. The van der Waals surface area contributed by atoms with Crippen LogP contribution in [0.5, 0.6) is 0 Å². The predicted molar refractivity (Wildman–Crippen MR) is 116 cm³/mol. The molecule has 0 aromatic heterocycles. The third-order valence-electron chi connectivity index (χ3n) is 3.68. The maximum atomic E-state index is 12.2. The first-order chi connectivity index (χ1) is 13.2. The van der Waals surface area contributed by atoms with Crippen LogP contribution in [0.15, 0.2) is 76.5 Å². The number of hydrogen-bond donors (Lipinski definition) is 3. The lowest BCUT2D eigenvalue weighted by Gasteiger charge is -2.05. The first kappa shape index (κ1) is 22.0. The van der Waals surface area contributed by atoms with Gasteiger partial charge in [-0.15, -0.1) is 0 Å². The van der Waals surface area contributed by atoms with Crippen LogP contribution >= 0.6 is 23.2 Å². The SMILES string of the molecule is CNCc1cc(Cl)cc(Cl)c1.Nc1ccc(S(=O)(=O)c2ccc(N)cc2)cc1. The number of anilines is 2. The lowest BCUT2D eigenvalue weighted by atomic mass is 10.2. The van der Waals surface area contributed by atoms with Gasteiger partial charge >= 0.3 is 0 Å². The van der Waals surface area contributed by atoms with E-state index in [1.807, 2.05) is 19.2 Å². The predicted octanol–water partition coefficient (Wildman–Crippen LogP) is 4.40. The smallest absolute Gasteiger partial charge is 0.206 e. The normalized spacial score (nSPS) is 10.8. The molecule has 0 aliphatic heterocycles. The molecule has 0 radical (unpaired) electrons. The molecule has 0 aliphatic carbocycles. The van der Waals surface area contributed by atoms with Crippen LogP contribution in [0.1, 0.15) is 5.56 Å². The number of nitrogens with two attached hydrogens (primary N) is 2. The average Bonchev–Trinajstić information content (AvgIpc) is 2.62. The Morgan fingerprint density at radius 3 is 1.54 bits per heavy atom. The van der Waals surface area contributed by atoms with E-state index in [9.17, 15) is 8.42 Å². The van der Waals surface area contributed by atoms with Gasteiger partial charge in [-0.2, -0.15) is 0 Å². The van der Waals surface area contributed by atoms with Crippen molar-refractivity contribution in [3.05, 3.63) is 82.3 Å². The summed E-state index contributed by atoms with van der Waals surface area (Å²) in [5, 5.41) is 4.39. The van der Waals surface area contributed by atoms with Crippen LogP contribution in [0.25, 0.3) is 0 Å². The quantitative estimate of drug-likeness (QED) is 0.525. The molecule has 0 aliphatic rings. The summed E-state index contributed by atoms with van der Waals surface area (Å²) in [6.45, 7) is 0.792. The highest BCUT2D eigenvalue weighted by atomic mass is 35.5. The number of nitrogens with one attached hydrogen (secondary N) is 1. The van der Waals surface area contributed by atoms with E-state index >= 15 is 0 Å². The van der Waals surface area contributed by atoms with Gasteiger partial charge in [0.25, 0.3) is 0 Å². The third-order valence-corrected chi connectivity index (χ3v) is 5.91. The molecule has 28 heavy (non-hydrogen) atoms. The summed E-state index contributed by atoms with van der Waals surface area (Å²) in [6.07, 6.45) is 0. The Hall–Kier alpha value is -2.25. The van der Waals surface area contributed by atoms with Crippen molar-refractivity contribution in [2.75, 3.05) is 18.5 Å². The fraction of sp³-hybridized carbons (Fsp3) is 0.100. The molecule has 3 rings (SSSR count). The Bertz CT molecular complexity index is 951. The Morgan fingerprint density at radius 1 is 0.786 bits per heavy atom. The second kappa shape index (κ2) is 9.80. The van der Waals surface area contributed by atoms with Gasteiger partial charge < -0.3 is 16.8 Å². The maximum absolute atomic E-state index is 12.2. The van der Waals surface area contributed by atoms with E-state index in [0.717, 1.165) is 12.1 Å². The van der Waals surface area contributed by atoms with E-state index in [1.165, 1.54) is 24.3 Å². The van der Waals surface area contributed by atoms with Crippen LogP contribution in [-0.2, 0) is 16.4 Å². The van der Waals surface area contributed by atoms with Gasteiger partial charge in [0.1, 0.15) is 0 Å². The highest BCUT2D eigenvalue weighted by molar-refractivity contribution is 7.91. The van der Waals surface area contributed by atoms with Crippen molar-refractivity contribution >= 4 is 44.4 Å². The monoisotopic (exact) mass is 437 g/mol. The first-order valence-electron chi connectivity index (χ1n) is 8.28. The molecule has 0 fully saturated rings. The summed E-state index contributed by atoms with van der Waals surface area (Å²) >= 11 is 11.5. The van der Waals surface area contributed by atoms with E-state index in [0.29, 0.717) is 21.4 Å². The molecule has 0 atom stereocenters. The molecule has 0 bridgehead atoms.